The van der Waals surface area contributed by atoms with E-state index in [2.05, 4.69) is 9.97 Å². The number of rotatable bonds is 6. The Morgan fingerprint density at radius 2 is 1.81 bits per heavy atom. The summed E-state index contributed by atoms with van der Waals surface area (Å²) in [5, 5.41) is 16.6. The Balaban J connectivity index is 0.000000279. The fraction of sp³-hybridized carbons (Fsp3) is 0.158. The molecule has 2 heterocycles. The van der Waals surface area contributed by atoms with Crippen molar-refractivity contribution in [2.45, 2.75) is 12.8 Å². The second-order valence-corrected chi connectivity index (χ2v) is 5.64. The van der Waals surface area contributed by atoms with Gasteiger partial charge in [-0.05, 0) is 6.07 Å². The molecule has 0 saturated heterocycles. The first-order valence-electron chi connectivity index (χ1n) is 8.08. The van der Waals surface area contributed by atoms with Gasteiger partial charge in [-0.15, -0.1) is 0 Å². The van der Waals surface area contributed by atoms with Crippen LogP contribution < -0.4 is 0 Å². The largest absolute Gasteiger partial charge is 0.478 e. The highest BCUT2D eigenvalue weighted by atomic mass is 16.4. The fourth-order valence-electron chi connectivity index (χ4n) is 2.51. The number of aromatic nitrogens is 3. The number of carboxylic acids is 2. The summed E-state index contributed by atoms with van der Waals surface area (Å²) in [5.41, 5.74) is 1.88. The standard InChI is InChI=1S/C15H15N3O.C4H4O4/c1-18-10-12(11-4-2-3-5-13(11)18)14(19)6-7-15-16-8-9-17-15;5-3(6)1-2-4(7)8/h2-5,8-10H,6-7H2,1H3,(H,16,17);1-2H,(H,5,6)(H,7,8)/b;2-1-. The van der Waals surface area contributed by atoms with Gasteiger partial charge in [-0.2, -0.15) is 0 Å². The number of hydrogen-bond donors (Lipinski definition) is 3. The summed E-state index contributed by atoms with van der Waals surface area (Å²) in [7, 11) is 1.96. The van der Waals surface area contributed by atoms with Gasteiger partial charge in [-0.1, -0.05) is 18.2 Å². The molecule has 8 heteroatoms. The first-order chi connectivity index (χ1) is 12.9. The molecule has 27 heavy (non-hydrogen) atoms. The Hall–Kier alpha value is -3.68. The number of carboxylic acid groups (broad SMARTS) is 2. The highest BCUT2D eigenvalue weighted by Gasteiger charge is 2.13. The van der Waals surface area contributed by atoms with Crippen molar-refractivity contribution in [3.05, 3.63) is 66.4 Å². The summed E-state index contributed by atoms with van der Waals surface area (Å²) >= 11 is 0. The van der Waals surface area contributed by atoms with Crippen LogP contribution in [0, 0.1) is 0 Å². The molecule has 3 aromatic rings. The quantitative estimate of drug-likeness (QED) is 0.453. The zero-order valence-electron chi connectivity index (χ0n) is 14.6. The molecule has 2 aromatic heterocycles. The second-order valence-electron chi connectivity index (χ2n) is 5.64. The van der Waals surface area contributed by atoms with E-state index in [0.717, 1.165) is 22.3 Å². The van der Waals surface area contributed by atoms with Crippen LogP contribution >= 0.6 is 0 Å². The van der Waals surface area contributed by atoms with E-state index < -0.39 is 11.9 Å². The van der Waals surface area contributed by atoms with E-state index in [1.165, 1.54) is 0 Å². The number of para-hydroxylation sites is 1. The number of fused-ring (bicyclic) bond motifs is 1. The molecule has 0 atom stereocenters. The highest BCUT2D eigenvalue weighted by molar-refractivity contribution is 6.08. The van der Waals surface area contributed by atoms with Crippen molar-refractivity contribution in [1.82, 2.24) is 14.5 Å². The van der Waals surface area contributed by atoms with E-state index in [4.69, 9.17) is 10.2 Å². The minimum absolute atomic E-state index is 0.160. The Labute approximate surface area is 154 Å². The first-order valence-corrected chi connectivity index (χ1v) is 8.08. The van der Waals surface area contributed by atoms with Gasteiger partial charge in [0, 0.05) is 67.1 Å². The summed E-state index contributed by atoms with van der Waals surface area (Å²) in [6.45, 7) is 0. The number of aromatic amines is 1. The van der Waals surface area contributed by atoms with Crippen molar-refractivity contribution in [2.75, 3.05) is 0 Å². The van der Waals surface area contributed by atoms with E-state index in [1.54, 1.807) is 12.4 Å². The van der Waals surface area contributed by atoms with Crippen LogP contribution in [0.25, 0.3) is 10.9 Å². The molecule has 0 saturated carbocycles. The van der Waals surface area contributed by atoms with E-state index >= 15 is 0 Å². The summed E-state index contributed by atoms with van der Waals surface area (Å²) in [6, 6.07) is 7.97. The second kappa shape index (κ2) is 9.14. The van der Waals surface area contributed by atoms with Crippen LogP contribution in [-0.2, 0) is 23.1 Å². The van der Waals surface area contributed by atoms with Crippen LogP contribution in [0.3, 0.4) is 0 Å². The van der Waals surface area contributed by atoms with E-state index in [0.29, 0.717) is 25.0 Å². The maximum Gasteiger partial charge on any atom is 0.328 e. The molecule has 0 spiro atoms. The van der Waals surface area contributed by atoms with Crippen LogP contribution in [0.2, 0.25) is 0 Å². The van der Waals surface area contributed by atoms with E-state index in [-0.39, 0.29) is 5.78 Å². The first kappa shape index (κ1) is 19.6. The Kier molecular flexibility index (Phi) is 6.65. The number of carbonyl (C=O) groups excluding carboxylic acids is 1. The number of nitrogens with one attached hydrogen (secondary N) is 1. The lowest BCUT2D eigenvalue weighted by molar-refractivity contribution is -0.134. The zero-order valence-corrected chi connectivity index (χ0v) is 14.6. The van der Waals surface area contributed by atoms with Crippen molar-refractivity contribution >= 4 is 28.6 Å². The van der Waals surface area contributed by atoms with Crippen LogP contribution in [0.1, 0.15) is 22.6 Å². The van der Waals surface area contributed by atoms with Crippen LogP contribution in [-0.4, -0.2) is 42.5 Å². The molecule has 0 amide bonds. The predicted molar refractivity (Wildman–Crippen MR) is 98.6 cm³/mol. The molecular weight excluding hydrogens is 350 g/mol. The summed E-state index contributed by atoms with van der Waals surface area (Å²) in [6.07, 6.45) is 7.63. The third kappa shape index (κ3) is 5.67. The molecule has 0 aliphatic carbocycles. The zero-order chi connectivity index (χ0) is 19.8. The Morgan fingerprint density at radius 3 is 2.41 bits per heavy atom. The number of imidazole rings is 1. The third-order valence-corrected chi connectivity index (χ3v) is 3.71. The Bertz CT molecular complexity index is 955. The van der Waals surface area contributed by atoms with Gasteiger partial charge in [0.1, 0.15) is 5.82 Å². The van der Waals surface area contributed by atoms with Gasteiger partial charge in [0.15, 0.2) is 5.78 Å². The number of carbonyl (C=O) groups is 3. The molecule has 0 bridgehead atoms. The molecule has 0 aliphatic heterocycles. The lowest BCUT2D eigenvalue weighted by atomic mass is 10.1. The maximum absolute atomic E-state index is 12.3. The summed E-state index contributed by atoms with van der Waals surface area (Å²) in [5.74, 6) is -1.50. The van der Waals surface area contributed by atoms with Gasteiger partial charge in [-0.3, -0.25) is 4.79 Å². The van der Waals surface area contributed by atoms with Crippen molar-refractivity contribution < 1.29 is 24.6 Å². The highest BCUT2D eigenvalue weighted by Crippen LogP contribution is 2.21. The number of aliphatic carboxylic acids is 2. The number of hydrogen-bond acceptors (Lipinski definition) is 4. The van der Waals surface area contributed by atoms with Gasteiger partial charge in [0.05, 0.1) is 0 Å². The van der Waals surface area contributed by atoms with E-state index in [9.17, 15) is 14.4 Å². The molecule has 0 fully saturated rings. The summed E-state index contributed by atoms with van der Waals surface area (Å²) in [4.78, 5) is 38.6. The Morgan fingerprint density at radius 1 is 1.15 bits per heavy atom. The molecule has 3 N–H and O–H groups in total. The lowest BCUT2D eigenvalue weighted by Crippen LogP contribution is -2.01. The minimum Gasteiger partial charge on any atom is -0.478 e. The average Bonchev–Trinajstić information content (AvgIpc) is 3.27. The van der Waals surface area contributed by atoms with Crippen LogP contribution in [0.15, 0.2) is 55.0 Å². The number of nitrogens with zero attached hydrogens (tertiary/aromatic N) is 2. The van der Waals surface area contributed by atoms with E-state index in [1.807, 2.05) is 42.1 Å². The third-order valence-electron chi connectivity index (χ3n) is 3.71. The number of Topliss-reactive ketones (excluding diaryl/α,β-unsaturated/α-hetero) is 1. The molecule has 8 nitrogen and oxygen atoms in total. The van der Waals surface area contributed by atoms with Gasteiger partial charge >= 0.3 is 11.9 Å². The fourth-order valence-corrected chi connectivity index (χ4v) is 2.51. The lowest BCUT2D eigenvalue weighted by Gasteiger charge is -1.98. The van der Waals surface area contributed by atoms with Gasteiger partial charge in [0.2, 0.25) is 0 Å². The predicted octanol–water partition coefficient (Wildman–Crippen LogP) is 2.43. The number of aryl methyl sites for hydroxylation is 2. The maximum atomic E-state index is 12.3. The van der Waals surface area contributed by atoms with Crippen LogP contribution in [0.4, 0.5) is 0 Å². The number of ketones is 1. The monoisotopic (exact) mass is 369 g/mol. The SMILES string of the molecule is Cn1cc(C(=O)CCc2ncc[nH]2)c2ccccc21.O=C(O)/C=C\C(=O)O. The van der Waals surface area contributed by atoms with Gasteiger partial charge in [-0.25, -0.2) is 14.6 Å². The van der Waals surface area contributed by atoms with Crippen molar-refractivity contribution in [1.29, 1.82) is 0 Å². The van der Waals surface area contributed by atoms with Gasteiger partial charge < -0.3 is 19.8 Å². The molecular formula is C19H19N3O5. The molecule has 1 aromatic carbocycles. The van der Waals surface area contributed by atoms with Crippen LogP contribution in [0.5, 0.6) is 0 Å². The van der Waals surface area contributed by atoms with Gasteiger partial charge in [0.25, 0.3) is 0 Å². The summed E-state index contributed by atoms with van der Waals surface area (Å²) < 4.78 is 2.00. The number of benzene rings is 1. The minimum atomic E-state index is -1.26. The molecule has 0 radical (unpaired) electrons. The normalized spacial score (nSPS) is 10.6. The molecule has 0 aliphatic rings. The topological polar surface area (TPSA) is 125 Å². The van der Waals surface area contributed by atoms with Crippen molar-refractivity contribution in [3.8, 4) is 0 Å². The molecule has 3 rings (SSSR count). The average molecular weight is 369 g/mol. The molecule has 140 valence electrons. The molecule has 0 unspecified atom stereocenters. The van der Waals surface area contributed by atoms with Crippen molar-refractivity contribution in [2.24, 2.45) is 7.05 Å². The number of H-pyrrole nitrogens is 1. The van der Waals surface area contributed by atoms with Crippen molar-refractivity contribution in [3.63, 3.8) is 0 Å². The smallest absolute Gasteiger partial charge is 0.328 e.